The van der Waals surface area contributed by atoms with Crippen LogP contribution in [0.25, 0.3) is 0 Å². The lowest BCUT2D eigenvalue weighted by molar-refractivity contribution is 0.565. The van der Waals surface area contributed by atoms with Crippen molar-refractivity contribution < 1.29 is 8.42 Å². The number of benzene rings is 2. The van der Waals surface area contributed by atoms with Gasteiger partial charge in [0.15, 0.2) is 0 Å². The molecule has 0 aliphatic rings. The van der Waals surface area contributed by atoms with E-state index >= 15 is 0 Å². The molecule has 2 aromatic carbocycles. The van der Waals surface area contributed by atoms with Crippen LogP contribution < -0.4 is 4.72 Å². The second kappa shape index (κ2) is 6.46. The van der Waals surface area contributed by atoms with Gasteiger partial charge in [0, 0.05) is 6.04 Å². The van der Waals surface area contributed by atoms with Gasteiger partial charge < -0.3 is 0 Å². The zero-order chi connectivity index (χ0) is 17.3. The van der Waals surface area contributed by atoms with Crippen LogP contribution >= 0.6 is 0 Å². The Labute approximate surface area is 139 Å². The smallest absolute Gasteiger partial charge is 0.207 e. The summed E-state index contributed by atoms with van der Waals surface area (Å²) in [5.41, 5.74) is 3.22. The predicted molar refractivity (Wildman–Crippen MR) is 95.1 cm³/mol. The fraction of sp³-hybridized carbons (Fsp3) is 0.368. The van der Waals surface area contributed by atoms with E-state index in [1.165, 1.54) is 0 Å². The summed E-state index contributed by atoms with van der Waals surface area (Å²) >= 11 is 0. The molecule has 23 heavy (non-hydrogen) atoms. The average molecular weight is 331 g/mol. The number of sulfonamides is 1. The first-order chi connectivity index (χ1) is 10.6. The molecule has 124 valence electrons. The Morgan fingerprint density at radius 2 is 1.43 bits per heavy atom. The highest BCUT2D eigenvalue weighted by Gasteiger charge is 2.20. The predicted octanol–water partition coefficient (Wildman–Crippen LogP) is 4.33. The highest BCUT2D eigenvalue weighted by Crippen LogP contribution is 2.24. The maximum Gasteiger partial charge on any atom is 0.241 e. The van der Waals surface area contributed by atoms with Gasteiger partial charge in [-0.25, -0.2) is 13.1 Å². The quantitative estimate of drug-likeness (QED) is 0.906. The number of hydrogen-bond acceptors (Lipinski definition) is 2. The summed E-state index contributed by atoms with van der Waals surface area (Å²) in [7, 11) is -3.53. The molecule has 0 amide bonds. The number of nitrogens with one attached hydrogen (secondary N) is 1. The Hall–Kier alpha value is -1.65. The molecular formula is C19H25NO2S. The third-order valence-corrected chi connectivity index (χ3v) is 5.50. The van der Waals surface area contributed by atoms with E-state index in [0.29, 0.717) is 4.90 Å². The van der Waals surface area contributed by atoms with Crippen LogP contribution in [-0.2, 0) is 15.4 Å². The van der Waals surface area contributed by atoms with Gasteiger partial charge in [0.2, 0.25) is 10.0 Å². The van der Waals surface area contributed by atoms with Crippen LogP contribution in [0.2, 0.25) is 0 Å². The summed E-state index contributed by atoms with van der Waals surface area (Å²) in [5.74, 6) is 0. The van der Waals surface area contributed by atoms with Crippen LogP contribution in [0.3, 0.4) is 0 Å². The number of aryl methyl sites for hydroxylation is 1. The lowest BCUT2D eigenvalue weighted by atomic mass is 9.87. The molecule has 0 aromatic heterocycles. The minimum absolute atomic E-state index is 0.00487. The summed E-state index contributed by atoms with van der Waals surface area (Å²) in [6.07, 6.45) is 0. The van der Waals surface area contributed by atoms with Gasteiger partial charge in [-0.1, -0.05) is 62.7 Å². The Morgan fingerprint density at radius 3 is 1.91 bits per heavy atom. The van der Waals surface area contributed by atoms with Crippen molar-refractivity contribution in [2.45, 2.75) is 51.0 Å². The van der Waals surface area contributed by atoms with Gasteiger partial charge in [0.05, 0.1) is 4.90 Å². The normalized spacial score (nSPS) is 13.8. The molecule has 0 bridgehead atoms. The standard InChI is InChI=1S/C19H25NO2S/c1-14-6-8-16(9-7-14)15(2)20-23(21,22)18-12-10-17(11-13-18)19(3,4)5/h6-13,15,20H,1-5H3. The topological polar surface area (TPSA) is 46.2 Å². The monoisotopic (exact) mass is 331 g/mol. The third-order valence-electron chi connectivity index (χ3n) is 3.94. The third kappa shape index (κ3) is 4.43. The molecule has 0 saturated carbocycles. The molecule has 1 N–H and O–H groups in total. The van der Waals surface area contributed by atoms with Gasteiger partial charge in [-0.05, 0) is 42.5 Å². The first-order valence-electron chi connectivity index (χ1n) is 7.79. The van der Waals surface area contributed by atoms with Crippen molar-refractivity contribution in [1.82, 2.24) is 4.72 Å². The van der Waals surface area contributed by atoms with Crippen LogP contribution in [0.5, 0.6) is 0 Å². The van der Waals surface area contributed by atoms with Gasteiger partial charge in [-0.2, -0.15) is 0 Å². The lowest BCUT2D eigenvalue weighted by Gasteiger charge is -2.20. The van der Waals surface area contributed by atoms with Gasteiger partial charge in [0.25, 0.3) is 0 Å². The fourth-order valence-electron chi connectivity index (χ4n) is 2.36. The highest BCUT2D eigenvalue weighted by molar-refractivity contribution is 7.89. The molecule has 0 aliphatic carbocycles. The molecule has 0 aliphatic heterocycles. The molecule has 4 heteroatoms. The van der Waals surface area contributed by atoms with Crippen LogP contribution in [-0.4, -0.2) is 8.42 Å². The van der Waals surface area contributed by atoms with Crippen molar-refractivity contribution in [2.24, 2.45) is 0 Å². The average Bonchev–Trinajstić information content (AvgIpc) is 2.46. The Balaban J connectivity index is 2.20. The molecule has 0 heterocycles. The SMILES string of the molecule is Cc1ccc(C(C)NS(=O)(=O)c2ccc(C(C)(C)C)cc2)cc1. The molecule has 2 aromatic rings. The summed E-state index contributed by atoms with van der Waals surface area (Å²) in [4.78, 5) is 0.296. The van der Waals surface area contributed by atoms with E-state index in [1.54, 1.807) is 12.1 Å². The van der Waals surface area contributed by atoms with E-state index in [4.69, 9.17) is 0 Å². The molecule has 2 rings (SSSR count). The Morgan fingerprint density at radius 1 is 0.913 bits per heavy atom. The lowest BCUT2D eigenvalue weighted by Crippen LogP contribution is -2.27. The largest absolute Gasteiger partial charge is 0.241 e. The van der Waals surface area contributed by atoms with Crippen molar-refractivity contribution in [3.63, 3.8) is 0 Å². The molecule has 0 fully saturated rings. The second-order valence-corrected chi connectivity index (χ2v) is 8.74. The maximum atomic E-state index is 12.5. The fourth-order valence-corrected chi connectivity index (χ4v) is 3.59. The van der Waals surface area contributed by atoms with E-state index in [0.717, 1.165) is 16.7 Å². The molecular weight excluding hydrogens is 306 g/mol. The van der Waals surface area contributed by atoms with Gasteiger partial charge in [-0.3, -0.25) is 0 Å². The van der Waals surface area contributed by atoms with Crippen molar-refractivity contribution in [3.8, 4) is 0 Å². The summed E-state index contributed by atoms with van der Waals surface area (Å²) < 4.78 is 27.8. The maximum absolute atomic E-state index is 12.5. The van der Waals surface area contributed by atoms with Gasteiger partial charge in [-0.15, -0.1) is 0 Å². The minimum atomic E-state index is -3.53. The van der Waals surface area contributed by atoms with Crippen LogP contribution in [0.15, 0.2) is 53.4 Å². The zero-order valence-corrected chi connectivity index (χ0v) is 15.2. The molecule has 3 nitrogen and oxygen atoms in total. The summed E-state index contributed by atoms with van der Waals surface area (Å²) in [6, 6.07) is 14.7. The van der Waals surface area contributed by atoms with Gasteiger partial charge in [0.1, 0.15) is 0 Å². The van der Waals surface area contributed by atoms with Crippen molar-refractivity contribution in [3.05, 3.63) is 65.2 Å². The zero-order valence-electron chi connectivity index (χ0n) is 14.4. The van der Waals surface area contributed by atoms with E-state index in [-0.39, 0.29) is 11.5 Å². The van der Waals surface area contributed by atoms with Crippen molar-refractivity contribution >= 4 is 10.0 Å². The Kier molecular flexibility index (Phi) is 4.97. The first-order valence-corrected chi connectivity index (χ1v) is 9.27. The molecule has 0 saturated heterocycles. The van der Waals surface area contributed by atoms with E-state index in [9.17, 15) is 8.42 Å². The van der Waals surface area contributed by atoms with E-state index in [2.05, 4.69) is 25.5 Å². The van der Waals surface area contributed by atoms with E-state index in [1.807, 2.05) is 50.2 Å². The summed E-state index contributed by atoms with van der Waals surface area (Å²) in [5, 5.41) is 0. The first kappa shape index (κ1) is 17.7. The van der Waals surface area contributed by atoms with Crippen LogP contribution in [0.4, 0.5) is 0 Å². The molecule has 1 atom stereocenters. The molecule has 1 unspecified atom stereocenters. The highest BCUT2D eigenvalue weighted by atomic mass is 32.2. The van der Waals surface area contributed by atoms with Gasteiger partial charge >= 0.3 is 0 Å². The second-order valence-electron chi connectivity index (χ2n) is 7.03. The minimum Gasteiger partial charge on any atom is -0.207 e. The number of rotatable bonds is 4. The van der Waals surface area contributed by atoms with Crippen LogP contribution in [0, 0.1) is 6.92 Å². The van der Waals surface area contributed by atoms with Crippen molar-refractivity contribution in [2.75, 3.05) is 0 Å². The summed E-state index contributed by atoms with van der Waals surface area (Å²) in [6.45, 7) is 10.2. The Bertz CT molecular complexity index is 755. The number of hydrogen-bond donors (Lipinski definition) is 1. The van der Waals surface area contributed by atoms with Crippen LogP contribution in [0.1, 0.15) is 50.4 Å². The molecule has 0 spiro atoms. The van der Waals surface area contributed by atoms with E-state index < -0.39 is 10.0 Å². The van der Waals surface area contributed by atoms with Crippen molar-refractivity contribution in [1.29, 1.82) is 0 Å². The molecule has 0 radical (unpaired) electrons.